The van der Waals surface area contributed by atoms with Gasteiger partial charge in [-0.1, -0.05) is 11.3 Å². The van der Waals surface area contributed by atoms with Crippen molar-refractivity contribution in [2.24, 2.45) is 0 Å². The molecule has 0 saturated carbocycles. The second-order valence-electron chi connectivity index (χ2n) is 4.59. The molecular weight excluding hydrogens is 273 g/mol. The van der Waals surface area contributed by atoms with E-state index in [1.807, 2.05) is 13.2 Å². The van der Waals surface area contributed by atoms with Gasteiger partial charge < -0.3 is 9.73 Å². The number of aromatic nitrogens is 4. The van der Waals surface area contributed by atoms with Gasteiger partial charge in [-0.05, 0) is 25.2 Å². The first-order valence-corrected chi connectivity index (χ1v) is 6.48. The quantitative estimate of drug-likeness (QED) is 0.775. The summed E-state index contributed by atoms with van der Waals surface area (Å²) in [7, 11) is 1.85. The molecule has 0 unspecified atom stereocenters. The average Bonchev–Trinajstić information content (AvgIpc) is 3.10. The molecular formula is C14H14FN5O. The molecule has 0 radical (unpaired) electrons. The van der Waals surface area contributed by atoms with Gasteiger partial charge in [0.15, 0.2) is 0 Å². The Morgan fingerprint density at radius 2 is 2.24 bits per heavy atom. The first kappa shape index (κ1) is 13.4. The Morgan fingerprint density at radius 3 is 3.05 bits per heavy atom. The molecule has 1 N–H and O–H groups in total. The van der Waals surface area contributed by atoms with Gasteiger partial charge in [-0.25, -0.2) is 14.1 Å². The molecule has 7 heteroatoms. The Balaban J connectivity index is 1.75. The molecule has 0 bridgehead atoms. The van der Waals surface area contributed by atoms with E-state index in [0.29, 0.717) is 30.2 Å². The lowest BCUT2D eigenvalue weighted by Crippen LogP contribution is -2.05. The van der Waals surface area contributed by atoms with Crippen LogP contribution in [0.15, 0.2) is 41.1 Å². The molecule has 3 rings (SSSR count). The molecule has 21 heavy (non-hydrogen) atoms. The van der Waals surface area contributed by atoms with Gasteiger partial charge in [0.25, 0.3) is 0 Å². The molecule has 0 aliphatic rings. The van der Waals surface area contributed by atoms with E-state index in [9.17, 15) is 4.39 Å². The summed E-state index contributed by atoms with van der Waals surface area (Å²) in [6, 6.07) is 6.14. The molecule has 0 atom stereocenters. The minimum atomic E-state index is -0.319. The Hall–Kier alpha value is -2.54. The van der Waals surface area contributed by atoms with Gasteiger partial charge in [0.2, 0.25) is 5.89 Å². The van der Waals surface area contributed by atoms with Crippen molar-refractivity contribution in [3.63, 3.8) is 0 Å². The van der Waals surface area contributed by atoms with Gasteiger partial charge in [-0.2, -0.15) is 0 Å². The lowest BCUT2D eigenvalue weighted by Gasteiger charge is -1.95. The minimum absolute atomic E-state index is 0.319. The van der Waals surface area contributed by atoms with Crippen LogP contribution in [0.25, 0.3) is 11.5 Å². The molecule has 0 spiro atoms. The fourth-order valence-corrected chi connectivity index (χ4v) is 1.98. The summed E-state index contributed by atoms with van der Waals surface area (Å²) in [6.45, 7) is 1.11. The van der Waals surface area contributed by atoms with Crippen molar-refractivity contribution < 1.29 is 8.81 Å². The van der Waals surface area contributed by atoms with Crippen molar-refractivity contribution >= 4 is 0 Å². The van der Waals surface area contributed by atoms with Crippen LogP contribution in [0.2, 0.25) is 0 Å². The second-order valence-corrected chi connectivity index (χ2v) is 4.59. The van der Waals surface area contributed by atoms with Crippen molar-refractivity contribution in [1.29, 1.82) is 0 Å². The Morgan fingerprint density at radius 1 is 1.33 bits per heavy atom. The average molecular weight is 287 g/mol. The number of halogens is 1. The van der Waals surface area contributed by atoms with E-state index in [0.717, 1.165) is 5.69 Å². The molecule has 3 aromatic rings. The largest absolute Gasteiger partial charge is 0.444 e. The highest BCUT2D eigenvalue weighted by Crippen LogP contribution is 2.19. The molecule has 108 valence electrons. The molecule has 1 aromatic carbocycles. The van der Waals surface area contributed by atoms with Gasteiger partial charge in [-0.15, -0.1) is 5.10 Å². The molecule has 0 aliphatic heterocycles. The normalized spacial score (nSPS) is 11.0. The number of nitrogens with one attached hydrogen (secondary N) is 1. The molecule has 0 saturated heterocycles. The van der Waals surface area contributed by atoms with Crippen LogP contribution in [-0.4, -0.2) is 27.0 Å². The lowest BCUT2D eigenvalue weighted by atomic mass is 10.2. The standard InChI is InChI=1S/C14H14FN5O/c1-16-6-12-7-20(19-18-12)8-13-9-21-14(17-13)10-3-2-4-11(15)5-10/h2-5,7,9,16H,6,8H2,1H3. The predicted molar refractivity (Wildman–Crippen MR) is 73.8 cm³/mol. The van der Waals surface area contributed by atoms with Crippen LogP contribution in [0.3, 0.4) is 0 Å². The highest BCUT2D eigenvalue weighted by atomic mass is 19.1. The van der Waals surface area contributed by atoms with Crippen LogP contribution in [0.5, 0.6) is 0 Å². The number of hydrogen-bond donors (Lipinski definition) is 1. The summed E-state index contributed by atoms with van der Waals surface area (Å²) in [6.07, 6.45) is 3.38. The summed E-state index contributed by atoms with van der Waals surface area (Å²) in [4.78, 5) is 4.33. The fraction of sp³-hybridized carbons (Fsp3) is 0.214. The number of benzene rings is 1. The monoisotopic (exact) mass is 287 g/mol. The zero-order valence-corrected chi connectivity index (χ0v) is 11.5. The molecule has 0 aliphatic carbocycles. The SMILES string of the molecule is CNCc1cn(Cc2coc(-c3cccc(F)c3)n2)nn1. The molecule has 2 heterocycles. The van der Waals surface area contributed by atoms with Crippen LogP contribution in [-0.2, 0) is 13.1 Å². The van der Waals surface area contributed by atoms with Crippen LogP contribution in [0.1, 0.15) is 11.4 Å². The van der Waals surface area contributed by atoms with E-state index in [-0.39, 0.29) is 5.82 Å². The van der Waals surface area contributed by atoms with Crippen LogP contribution >= 0.6 is 0 Å². The molecule has 6 nitrogen and oxygen atoms in total. The van der Waals surface area contributed by atoms with Gasteiger partial charge in [0.05, 0.1) is 18.4 Å². The first-order chi connectivity index (χ1) is 10.2. The maximum atomic E-state index is 13.2. The Labute approximate surface area is 120 Å². The second kappa shape index (κ2) is 5.84. The number of nitrogens with zero attached hydrogens (tertiary/aromatic N) is 4. The summed E-state index contributed by atoms with van der Waals surface area (Å²) in [5.41, 5.74) is 2.16. The number of rotatable bonds is 5. The number of hydrogen-bond acceptors (Lipinski definition) is 5. The van der Waals surface area contributed by atoms with Crippen molar-refractivity contribution in [3.05, 3.63) is 53.9 Å². The highest BCUT2D eigenvalue weighted by molar-refractivity contribution is 5.52. The summed E-state index contributed by atoms with van der Waals surface area (Å²) in [5.74, 6) is 0.0697. The van der Waals surface area contributed by atoms with E-state index < -0.39 is 0 Å². The fourth-order valence-electron chi connectivity index (χ4n) is 1.98. The third-order valence-corrected chi connectivity index (χ3v) is 2.89. The van der Waals surface area contributed by atoms with Crippen LogP contribution in [0, 0.1) is 5.82 Å². The highest BCUT2D eigenvalue weighted by Gasteiger charge is 2.09. The molecule has 0 fully saturated rings. The van der Waals surface area contributed by atoms with Crippen molar-refractivity contribution in [2.75, 3.05) is 7.05 Å². The maximum Gasteiger partial charge on any atom is 0.226 e. The summed E-state index contributed by atoms with van der Waals surface area (Å²) in [5, 5.41) is 11.0. The zero-order chi connectivity index (χ0) is 14.7. The van der Waals surface area contributed by atoms with E-state index in [1.54, 1.807) is 23.1 Å². The predicted octanol–water partition coefficient (Wildman–Crippen LogP) is 1.84. The van der Waals surface area contributed by atoms with E-state index in [4.69, 9.17) is 4.42 Å². The van der Waals surface area contributed by atoms with Gasteiger partial charge in [0.1, 0.15) is 17.8 Å². The van der Waals surface area contributed by atoms with Crippen molar-refractivity contribution in [1.82, 2.24) is 25.3 Å². The zero-order valence-electron chi connectivity index (χ0n) is 11.5. The molecule has 0 amide bonds. The Kier molecular flexibility index (Phi) is 3.74. The van der Waals surface area contributed by atoms with Crippen molar-refractivity contribution in [3.8, 4) is 11.5 Å². The van der Waals surface area contributed by atoms with Crippen molar-refractivity contribution in [2.45, 2.75) is 13.1 Å². The van der Waals surface area contributed by atoms with Gasteiger partial charge in [-0.3, -0.25) is 0 Å². The van der Waals surface area contributed by atoms with Crippen LogP contribution in [0.4, 0.5) is 4.39 Å². The van der Waals surface area contributed by atoms with Gasteiger partial charge in [0, 0.05) is 12.1 Å². The number of oxazole rings is 1. The lowest BCUT2D eigenvalue weighted by molar-refractivity contribution is 0.566. The molecule has 2 aromatic heterocycles. The van der Waals surface area contributed by atoms with Gasteiger partial charge >= 0.3 is 0 Å². The first-order valence-electron chi connectivity index (χ1n) is 6.48. The minimum Gasteiger partial charge on any atom is -0.444 e. The topological polar surface area (TPSA) is 68.8 Å². The summed E-state index contributed by atoms with van der Waals surface area (Å²) < 4.78 is 20.2. The third kappa shape index (κ3) is 3.14. The van der Waals surface area contributed by atoms with E-state index >= 15 is 0 Å². The third-order valence-electron chi connectivity index (χ3n) is 2.89. The maximum absolute atomic E-state index is 13.2. The van der Waals surface area contributed by atoms with E-state index in [1.165, 1.54) is 12.1 Å². The smallest absolute Gasteiger partial charge is 0.226 e. The Bertz CT molecular complexity index is 736. The van der Waals surface area contributed by atoms with Crippen LogP contribution < -0.4 is 5.32 Å². The van der Waals surface area contributed by atoms with E-state index in [2.05, 4.69) is 20.6 Å². The summed E-state index contributed by atoms with van der Waals surface area (Å²) >= 11 is 0.